The van der Waals surface area contributed by atoms with Gasteiger partial charge in [0.15, 0.2) is 11.5 Å². The fourth-order valence-electron chi connectivity index (χ4n) is 4.18. The predicted octanol–water partition coefficient (Wildman–Crippen LogP) is 4.72. The minimum absolute atomic E-state index is 0.00808. The second-order valence-electron chi connectivity index (χ2n) is 8.12. The van der Waals surface area contributed by atoms with Crippen LogP contribution >= 0.6 is 0 Å². The Morgan fingerprint density at radius 3 is 2.37 bits per heavy atom. The topological polar surface area (TPSA) is 93.1 Å². The van der Waals surface area contributed by atoms with Gasteiger partial charge in [0.05, 0.1) is 18.7 Å². The van der Waals surface area contributed by atoms with Crippen LogP contribution in [0.25, 0.3) is 0 Å². The molecule has 1 atom stereocenters. The summed E-state index contributed by atoms with van der Waals surface area (Å²) >= 11 is 0. The molecule has 0 spiro atoms. The summed E-state index contributed by atoms with van der Waals surface area (Å²) in [5, 5.41) is 10.9. The number of carbonyl (C=O) groups excluding carboxylic acids is 3. The highest BCUT2D eigenvalue weighted by Crippen LogP contribution is 2.42. The monoisotopic (exact) mass is 471 g/mol. The van der Waals surface area contributed by atoms with E-state index < -0.39 is 23.7 Å². The van der Waals surface area contributed by atoms with Crippen LogP contribution < -0.4 is 14.4 Å². The number of aliphatic hydroxyl groups excluding tert-OH is 1. The first-order chi connectivity index (χ1) is 16.9. The van der Waals surface area contributed by atoms with E-state index in [-0.39, 0.29) is 23.5 Å². The highest BCUT2D eigenvalue weighted by Gasteiger charge is 2.44. The summed E-state index contributed by atoms with van der Waals surface area (Å²) < 4.78 is 10.5. The van der Waals surface area contributed by atoms with Crippen LogP contribution in [0.5, 0.6) is 11.5 Å². The van der Waals surface area contributed by atoms with Gasteiger partial charge in [0.2, 0.25) is 0 Å². The third-order valence-corrected chi connectivity index (χ3v) is 5.76. The first-order valence-corrected chi connectivity index (χ1v) is 11.1. The maximum absolute atomic E-state index is 13.4. The summed E-state index contributed by atoms with van der Waals surface area (Å²) in [6.07, 6.45) is 0.576. The summed E-state index contributed by atoms with van der Waals surface area (Å²) in [5.41, 5.74) is 1.96. The molecule has 1 amide bonds. The van der Waals surface area contributed by atoms with Gasteiger partial charge < -0.3 is 14.6 Å². The summed E-state index contributed by atoms with van der Waals surface area (Å²) in [6, 6.07) is 22.0. The molecule has 0 saturated heterocycles. The number of hydrogen-bond donors (Lipinski definition) is 1. The largest absolute Gasteiger partial charge is 0.503 e. The van der Waals surface area contributed by atoms with E-state index in [4.69, 9.17) is 9.47 Å². The van der Waals surface area contributed by atoms with Gasteiger partial charge in [0, 0.05) is 25.1 Å². The number of methoxy groups -OCH3 is 1. The predicted molar refractivity (Wildman–Crippen MR) is 130 cm³/mol. The van der Waals surface area contributed by atoms with E-state index >= 15 is 0 Å². The van der Waals surface area contributed by atoms with Crippen molar-refractivity contribution in [1.29, 1.82) is 0 Å². The molecule has 0 aliphatic carbocycles. The fraction of sp³-hybridized carbons (Fsp3) is 0.179. The molecule has 0 aromatic heterocycles. The lowest BCUT2D eigenvalue weighted by Crippen LogP contribution is -2.31. The Morgan fingerprint density at radius 1 is 0.943 bits per heavy atom. The second-order valence-corrected chi connectivity index (χ2v) is 8.12. The lowest BCUT2D eigenvalue weighted by molar-refractivity contribution is -0.132. The van der Waals surface area contributed by atoms with E-state index in [9.17, 15) is 19.5 Å². The van der Waals surface area contributed by atoms with Gasteiger partial charge in [-0.25, -0.2) is 0 Å². The summed E-state index contributed by atoms with van der Waals surface area (Å²) in [7, 11) is 1.51. The Kier molecular flexibility index (Phi) is 6.96. The smallest absolute Gasteiger partial charge is 0.308 e. The number of Topliss-reactive ketones (excluding diaryl/α,β-unsaturated/α-hetero) is 1. The Morgan fingerprint density at radius 2 is 1.66 bits per heavy atom. The van der Waals surface area contributed by atoms with Crippen LogP contribution in [0.1, 0.15) is 30.5 Å². The van der Waals surface area contributed by atoms with Gasteiger partial charge in [-0.15, -0.1) is 0 Å². The summed E-state index contributed by atoms with van der Waals surface area (Å²) in [5.74, 6) is -1.32. The minimum atomic E-state index is -0.909. The number of anilines is 1. The van der Waals surface area contributed by atoms with Crippen LogP contribution in [0.4, 0.5) is 5.69 Å². The number of aliphatic hydroxyl groups is 1. The van der Waals surface area contributed by atoms with Crippen LogP contribution in [0.2, 0.25) is 0 Å². The summed E-state index contributed by atoms with van der Waals surface area (Å²) in [6.45, 7) is 1.29. The van der Waals surface area contributed by atoms with Gasteiger partial charge >= 0.3 is 5.97 Å². The Hall–Kier alpha value is -4.39. The molecule has 7 heteroatoms. The van der Waals surface area contributed by atoms with Crippen molar-refractivity contribution >= 4 is 23.3 Å². The lowest BCUT2D eigenvalue weighted by atomic mass is 9.93. The quantitative estimate of drug-likeness (QED) is 0.377. The van der Waals surface area contributed by atoms with Crippen LogP contribution in [0.15, 0.2) is 90.2 Å². The van der Waals surface area contributed by atoms with E-state index in [1.807, 2.05) is 30.3 Å². The zero-order valence-electron chi connectivity index (χ0n) is 19.4. The number of nitrogens with zero attached hydrogens (tertiary/aromatic N) is 1. The van der Waals surface area contributed by atoms with Crippen LogP contribution in [-0.4, -0.2) is 29.9 Å². The SMILES string of the molecule is COc1cccc(N2C(=O)C(O)=C(C(=O)CCc3ccccc3)C2c2cccc(OC(C)=O)c2)c1. The molecule has 3 aromatic carbocycles. The molecule has 7 nitrogen and oxygen atoms in total. The molecule has 178 valence electrons. The standard InChI is InChI=1S/C28H25NO6/c1-18(30)35-23-13-6-10-20(16-23)26-25(24(31)15-14-19-8-4-3-5-9-19)27(32)28(33)29(26)21-11-7-12-22(17-21)34-2/h3-13,16-17,26,32H,14-15H2,1-2H3. The van der Waals surface area contributed by atoms with Crippen molar-refractivity contribution in [2.75, 3.05) is 12.0 Å². The normalized spacial score (nSPS) is 15.3. The van der Waals surface area contributed by atoms with E-state index in [2.05, 4.69) is 0 Å². The van der Waals surface area contributed by atoms with E-state index in [1.165, 1.54) is 18.9 Å². The number of aryl methyl sites for hydroxylation is 1. The molecule has 1 N–H and O–H groups in total. The number of ketones is 1. The number of amides is 1. The van der Waals surface area contributed by atoms with Crippen molar-refractivity contribution in [2.45, 2.75) is 25.8 Å². The molecule has 1 heterocycles. The average molecular weight is 472 g/mol. The Balaban J connectivity index is 1.76. The molecule has 35 heavy (non-hydrogen) atoms. The third kappa shape index (κ3) is 5.09. The highest BCUT2D eigenvalue weighted by atomic mass is 16.5. The molecule has 0 fully saturated rings. The van der Waals surface area contributed by atoms with Gasteiger partial charge in [-0.2, -0.15) is 0 Å². The molecule has 1 unspecified atom stereocenters. The maximum atomic E-state index is 13.4. The molecule has 0 radical (unpaired) electrons. The Labute approximate surface area is 203 Å². The zero-order chi connectivity index (χ0) is 24.9. The molecule has 1 aliphatic rings. The van der Waals surface area contributed by atoms with Gasteiger partial charge in [0.1, 0.15) is 11.5 Å². The van der Waals surface area contributed by atoms with Crippen molar-refractivity contribution in [2.24, 2.45) is 0 Å². The van der Waals surface area contributed by atoms with Crippen LogP contribution in [-0.2, 0) is 20.8 Å². The van der Waals surface area contributed by atoms with Gasteiger partial charge in [-0.3, -0.25) is 19.3 Å². The zero-order valence-corrected chi connectivity index (χ0v) is 19.4. The molecule has 4 rings (SSSR count). The second kappa shape index (κ2) is 10.3. The van der Waals surface area contributed by atoms with E-state index in [1.54, 1.807) is 48.5 Å². The number of hydrogen-bond acceptors (Lipinski definition) is 6. The van der Waals surface area contributed by atoms with Crippen molar-refractivity contribution < 1.29 is 29.0 Å². The van der Waals surface area contributed by atoms with Crippen molar-refractivity contribution in [3.8, 4) is 11.5 Å². The number of rotatable bonds is 8. The minimum Gasteiger partial charge on any atom is -0.503 e. The van der Waals surface area contributed by atoms with Crippen LogP contribution in [0.3, 0.4) is 0 Å². The number of carbonyl (C=O) groups is 3. The fourth-order valence-corrected chi connectivity index (χ4v) is 4.18. The molecule has 1 aliphatic heterocycles. The number of esters is 1. The lowest BCUT2D eigenvalue weighted by Gasteiger charge is -2.27. The van der Waals surface area contributed by atoms with Crippen molar-refractivity contribution in [3.63, 3.8) is 0 Å². The first kappa shape index (κ1) is 23.8. The van der Waals surface area contributed by atoms with Gasteiger partial charge in [-0.1, -0.05) is 48.5 Å². The highest BCUT2D eigenvalue weighted by molar-refractivity contribution is 6.16. The molecule has 0 saturated carbocycles. The average Bonchev–Trinajstić information content (AvgIpc) is 3.13. The summed E-state index contributed by atoms with van der Waals surface area (Å²) in [4.78, 5) is 39.6. The van der Waals surface area contributed by atoms with Crippen molar-refractivity contribution in [3.05, 3.63) is 101 Å². The maximum Gasteiger partial charge on any atom is 0.308 e. The molecular weight excluding hydrogens is 446 g/mol. The third-order valence-electron chi connectivity index (χ3n) is 5.76. The Bertz CT molecular complexity index is 1300. The van der Waals surface area contributed by atoms with Gasteiger partial charge in [0.25, 0.3) is 5.91 Å². The number of ether oxygens (including phenoxy) is 2. The first-order valence-electron chi connectivity index (χ1n) is 11.1. The molecule has 0 bridgehead atoms. The molecule has 3 aromatic rings. The van der Waals surface area contributed by atoms with Crippen molar-refractivity contribution in [1.82, 2.24) is 0 Å². The molecular formula is C28H25NO6. The van der Waals surface area contributed by atoms with E-state index in [0.717, 1.165) is 5.56 Å². The van der Waals surface area contributed by atoms with E-state index in [0.29, 0.717) is 23.4 Å². The number of benzene rings is 3. The van der Waals surface area contributed by atoms with Crippen LogP contribution in [0, 0.1) is 0 Å². The van der Waals surface area contributed by atoms with Gasteiger partial charge in [-0.05, 0) is 41.8 Å².